The number of rotatable bonds is 4. The van der Waals surface area contributed by atoms with Gasteiger partial charge in [-0.15, -0.1) is 5.06 Å². The van der Waals surface area contributed by atoms with E-state index < -0.39 is 17.8 Å². The van der Waals surface area contributed by atoms with Gasteiger partial charge in [-0.05, 0) is 6.26 Å². The molecule has 1 saturated heterocycles. The smallest absolute Gasteiger partial charge is 0.330 e. The zero-order chi connectivity index (χ0) is 12.3. The van der Waals surface area contributed by atoms with Gasteiger partial charge in [-0.3, -0.25) is 9.59 Å². The number of hydroxylamine groups is 2. The second kappa shape index (κ2) is 4.86. The maximum Gasteiger partial charge on any atom is 0.334 e. The molecule has 0 radical (unpaired) electrons. The number of hydrogen-bond donors (Lipinski definition) is 0. The number of thioether (sulfide) groups is 1. The number of amides is 2. The van der Waals surface area contributed by atoms with Crippen molar-refractivity contribution in [3.63, 3.8) is 0 Å². The third kappa shape index (κ3) is 3.23. The minimum absolute atomic E-state index is 0.123. The van der Waals surface area contributed by atoms with Crippen molar-refractivity contribution in [2.75, 3.05) is 6.26 Å². The van der Waals surface area contributed by atoms with Crippen LogP contribution in [0.4, 0.5) is 0 Å². The van der Waals surface area contributed by atoms with E-state index >= 15 is 0 Å². The van der Waals surface area contributed by atoms with Gasteiger partial charge < -0.3 is 4.84 Å². The summed E-state index contributed by atoms with van der Waals surface area (Å²) in [6, 6.07) is 0. The van der Waals surface area contributed by atoms with E-state index in [4.69, 9.17) is 4.84 Å². The molecule has 1 heterocycles. The Morgan fingerprint density at radius 3 is 2.31 bits per heavy atom. The summed E-state index contributed by atoms with van der Waals surface area (Å²) in [6.07, 6.45) is 2.29. The van der Waals surface area contributed by atoms with E-state index in [1.165, 1.54) is 11.8 Å². The lowest BCUT2D eigenvalue weighted by molar-refractivity contribution is -0.197. The Bertz CT molecular complexity index is 311. The van der Waals surface area contributed by atoms with Gasteiger partial charge in [0.1, 0.15) is 0 Å². The number of hydrogen-bond acceptors (Lipinski definition) is 5. The molecule has 16 heavy (non-hydrogen) atoms. The molecule has 0 bridgehead atoms. The molecule has 1 rings (SSSR count). The summed E-state index contributed by atoms with van der Waals surface area (Å²) in [5, 5.41) is 0.582. The molecule has 2 amide bonds. The normalized spacial score (nSPS) is 16.8. The van der Waals surface area contributed by atoms with E-state index in [2.05, 4.69) is 0 Å². The van der Waals surface area contributed by atoms with Gasteiger partial charge in [-0.1, -0.05) is 13.8 Å². The van der Waals surface area contributed by atoms with E-state index in [0.717, 1.165) is 0 Å². The summed E-state index contributed by atoms with van der Waals surface area (Å²) in [5.41, 5.74) is 0. The van der Waals surface area contributed by atoms with Crippen molar-refractivity contribution in [2.45, 2.75) is 37.9 Å². The molecule has 5 nitrogen and oxygen atoms in total. The molecule has 6 heteroatoms. The molecule has 90 valence electrons. The quantitative estimate of drug-likeness (QED) is 0.695. The zero-order valence-electron chi connectivity index (χ0n) is 9.61. The highest BCUT2D eigenvalue weighted by atomic mass is 32.2. The van der Waals surface area contributed by atoms with E-state index in [1.807, 2.05) is 20.1 Å². The molecule has 0 spiro atoms. The molecule has 0 saturated carbocycles. The summed E-state index contributed by atoms with van der Waals surface area (Å²) in [6.45, 7) is 3.79. The monoisotopic (exact) mass is 245 g/mol. The number of imide groups is 1. The van der Waals surface area contributed by atoms with Crippen LogP contribution in [0.15, 0.2) is 0 Å². The molecule has 0 unspecified atom stereocenters. The van der Waals surface area contributed by atoms with Crippen LogP contribution < -0.4 is 0 Å². The summed E-state index contributed by atoms with van der Waals surface area (Å²) >= 11 is 1.53. The van der Waals surface area contributed by atoms with Gasteiger partial charge >= 0.3 is 5.97 Å². The molecule has 0 aromatic heterocycles. The fourth-order valence-corrected chi connectivity index (χ4v) is 1.47. The lowest BCUT2D eigenvalue weighted by Crippen LogP contribution is -2.34. The SMILES string of the molecule is CSC(C)(C)CC(=O)ON1C(=O)CCC1=O. The van der Waals surface area contributed by atoms with Gasteiger partial charge in [0.05, 0.1) is 6.42 Å². The second-order valence-electron chi connectivity index (χ2n) is 4.19. The Balaban J connectivity index is 2.52. The average molecular weight is 245 g/mol. The topological polar surface area (TPSA) is 63.7 Å². The lowest BCUT2D eigenvalue weighted by atomic mass is 10.1. The molecule has 1 aliphatic rings. The largest absolute Gasteiger partial charge is 0.334 e. The Kier molecular flexibility index (Phi) is 3.96. The summed E-state index contributed by atoms with van der Waals surface area (Å²) < 4.78 is -0.261. The molecule has 0 aromatic carbocycles. The molecule has 0 aromatic rings. The third-order valence-electron chi connectivity index (χ3n) is 2.32. The lowest BCUT2D eigenvalue weighted by Gasteiger charge is -2.21. The van der Waals surface area contributed by atoms with Gasteiger partial charge in [-0.2, -0.15) is 11.8 Å². The van der Waals surface area contributed by atoms with Crippen molar-refractivity contribution < 1.29 is 19.2 Å². The first-order valence-electron chi connectivity index (χ1n) is 4.97. The predicted octanol–water partition coefficient (Wildman–Crippen LogP) is 1.13. The van der Waals surface area contributed by atoms with Crippen LogP contribution in [0.1, 0.15) is 33.1 Å². The van der Waals surface area contributed by atoms with Gasteiger partial charge in [-0.25, -0.2) is 4.79 Å². The van der Waals surface area contributed by atoms with Gasteiger partial charge in [0.25, 0.3) is 11.8 Å². The standard InChI is InChI=1S/C10H15NO4S/c1-10(2,16-3)6-9(14)15-11-7(12)4-5-8(11)13/h4-6H2,1-3H3. The van der Waals surface area contributed by atoms with Crippen LogP contribution in [-0.2, 0) is 19.2 Å². The highest BCUT2D eigenvalue weighted by Gasteiger charge is 2.34. The van der Waals surface area contributed by atoms with E-state index in [-0.39, 0.29) is 24.0 Å². The van der Waals surface area contributed by atoms with Crippen molar-refractivity contribution >= 4 is 29.5 Å². The predicted molar refractivity (Wildman–Crippen MR) is 59.4 cm³/mol. The van der Waals surface area contributed by atoms with Gasteiger partial charge in [0, 0.05) is 17.6 Å². The van der Waals surface area contributed by atoms with Crippen molar-refractivity contribution in [2.24, 2.45) is 0 Å². The van der Waals surface area contributed by atoms with Gasteiger partial charge in [0.2, 0.25) is 0 Å². The van der Waals surface area contributed by atoms with Crippen molar-refractivity contribution in [1.29, 1.82) is 0 Å². The summed E-state index contributed by atoms with van der Waals surface area (Å²) in [7, 11) is 0. The van der Waals surface area contributed by atoms with Crippen LogP contribution in [0.3, 0.4) is 0 Å². The minimum atomic E-state index is -0.553. The Labute approximate surface area is 98.5 Å². The average Bonchev–Trinajstić information content (AvgIpc) is 2.49. The van der Waals surface area contributed by atoms with Crippen molar-refractivity contribution in [1.82, 2.24) is 5.06 Å². The summed E-state index contributed by atoms with van der Waals surface area (Å²) in [4.78, 5) is 38.6. The van der Waals surface area contributed by atoms with Crippen LogP contribution in [0.25, 0.3) is 0 Å². The summed E-state index contributed by atoms with van der Waals surface area (Å²) in [5.74, 6) is -1.44. The molecular weight excluding hydrogens is 230 g/mol. The molecule has 1 aliphatic heterocycles. The first kappa shape index (κ1) is 13.0. The van der Waals surface area contributed by atoms with Crippen LogP contribution in [0, 0.1) is 0 Å². The van der Waals surface area contributed by atoms with Gasteiger partial charge in [0.15, 0.2) is 0 Å². The van der Waals surface area contributed by atoms with E-state index in [0.29, 0.717) is 5.06 Å². The molecule has 1 fully saturated rings. The molecule has 0 aliphatic carbocycles. The molecular formula is C10H15NO4S. The number of carbonyl (C=O) groups is 3. The van der Waals surface area contributed by atoms with Crippen molar-refractivity contribution in [3.8, 4) is 0 Å². The highest BCUT2D eigenvalue weighted by molar-refractivity contribution is 7.99. The van der Waals surface area contributed by atoms with Crippen LogP contribution in [-0.4, -0.2) is 33.8 Å². The van der Waals surface area contributed by atoms with Crippen LogP contribution in [0.5, 0.6) is 0 Å². The first-order valence-corrected chi connectivity index (χ1v) is 6.20. The molecule has 0 N–H and O–H groups in total. The first-order chi connectivity index (χ1) is 7.35. The Morgan fingerprint density at radius 1 is 1.38 bits per heavy atom. The maximum absolute atomic E-state index is 11.5. The number of carbonyl (C=O) groups excluding carboxylic acids is 3. The van der Waals surface area contributed by atoms with Crippen molar-refractivity contribution in [3.05, 3.63) is 0 Å². The van der Waals surface area contributed by atoms with Crippen LogP contribution >= 0.6 is 11.8 Å². The Hall–Kier alpha value is -1.04. The Morgan fingerprint density at radius 2 is 1.88 bits per heavy atom. The maximum atomic E-state index is 11.5. The fraction of sp³-hybridized carbons (Fsp3) is 0.700. The fourth-order valence-electron chi connectivity index (χ4n) is 1.21. The second-order valence-corrected chi connectivity index (χ2v) is 5.70. The van der Waals surface area contributed by atoms with Crippen LogP contribution in [0.2, 0.25) is 0 Å². The minimum Gasteiger partial charge on any atom is -0.330 e. The third-order valence-corrected chi connectivity index (χ3v) is 3.57. The highest BCUT2D eigenvalue weighted by Crippen LogP contribution is 2.26. The van der Waals surface area contributed by atoms with E-state index in [9.17, 15) is 14.4 Å². The van der Waals surface area contributed by atoms with E-state index in [1.54, 1.807) is 0 Å². The number of nitrogens with zero attached hydrogens (tertiary/aromatic N) is 1. The zero-order valence-corrected chi connectivity index (χ0v) is 10.4. The molecule has 0 atom stereocenters.